The van der Waals surface area contributed by atoms with Crippen LogP contribution in [0.2, 0.25) is 5.02 Å². The average molecular weight is 279 g/mol. The molecule has 0 aromatic heterocycles. The van der Waals surface area contributed by atoms with Gasteiger partial charge in [-0.3, -0.25) is 0 Å². The van der Waals surface area contributed by atoms with Crippen LogP contribution in [0.5, 0.6) is 0 Å². The largest absolute Gasteiger partial charge is 0.0843 e. The number of benzene rings is 3. The average Bonchev–Trinajstić information content (AvgIpc) is 2.49. The molecular weight excluding hydrogens is 264 g/mol. The summed E-state index contributed by atoms with van der Waals surface area (Å²) in [5.74, 6) is 0. The van der Waals surface area contributed by atoms with Crippen molar-refractivity contribution in [1.29, 1.82) is 0 Å². The van der Waals surface area contributed by atoms with Crippen molar-refractivity contribution in [3.05, 3.63) is 83.4 Å². The molecule has 3 aromatic carbocycles. The van der Waals surface area contributed by atoms with E-state index in [1.165, 1.54) is 27.8 Å². The zero-order valence-electron chi connectivity index (χ0n) is 11.3. The molecule has 0 radical (unpaired) electrons. The second kappa shape index (κ2) is 5.52. The van der Waals surface area contributed by atoms with E-state index in [4.69, 9.17) is 11.6 Å². The molecule has 0 N–H and O–H groups in total. The summed E-state index contributed by atoms with van der Waals surface area (Å²) in [6.07, 6.45) is 0. The van der Waals surface area contributed by atoms with Crippen LogP contribution >= 0.6 is 11.6 Å². The highest BCUT2D eigenvalue weighted by Gasteiger charge is 2.09. The number of rotatable bonds is 2. The van der Waals surface area contributed by atoms with E-state index in [-0.39, 0.29) is 0 Å². The molecule has 98 valence electrons. The maximum Gasteiger partial charge on any atom is 0.0406 e. The predicted octanol–water partition coefficient (Wildman–Crippen LogP) is 5.98. The van der Waals surface area contributed by atoms with Crippen LogP contribution in [0.4, 0.5) is 0 Å². The first kappa shape index (κ1) is 13.0. The van der Waals surface area contributed by atoms with Gasteiger partial charge in [-0.1, -0.05) is 72.3 Å². The van der Waals surface area contributed by atoms with Gasteiger partial charge >= 0.3 is 0 Å². The van der Waals surface area contributed by atoms with Gasteiger partial charge in [-0.05, 0) is 46.9 Å². The highest BCUT2D eigenvalue weighted by atomic mass is 35.5. The highest BCUT2D eigenvalue weighted by molar-refractivity contribution is 6.30. The Hall–Kier alpha value is -2.05. The molecular formula is C19H15Cl. The van der Waals surface area contributed by atoms with E-state index in [0.717, 1.165) is 5.02 Å². The Labute approximate surface area is 124 Å². The third-order valence-corrected chi connectivity index (χ3v) is 3.74. The molecule has 0 aliphatic rings. The summed E-state index contributed by atoms with van der Waals surface area (Å²) in [5.41, 5.74) is 6.24. The Morgan fingerprint density at radius 1 is 0.650 bits per heavy atom. The van der Waals surface area contributed by atoms with E-state index in [9.17, 15) is 0 Å². The van der Waals surface area contributed by atoms with Crippen LogP contribution in [0.3, 0.4) is 0 Å². The summed E-state index contributed by atoms with van der Waals surface area (Å²) in [7, 11) is 0. The molecule has 20 heavy (non-hydrogen) atoms. The number of halogens is 1. The van der Waals surface area contributed by atoms with Crippen LogP contribution in [0, 0.1) is 6.92 Å². The van der Waals surface area contributed by atoms with E-state index in [1.54, 1.807) is 0 Å². The molecule has 0 aliphatic heterocycles. The third kappa shape index (κ3) is 2.48. The summed E-state index contributed by atoms with van der Waals surface area (Å²) < 4.78 is 0. The van der Waals surface area contributed by atoms with Gasteiger partial charge in [0, 0.05) is 5.02 Å². The quantitative estimate of drug-likeness (QED) is 0.541. The van der Waals surface area contributed by atoms with Crippen LogP contribution in [-0.2, 0) is 0 Å². The lowest BCUT2D eigenvalue weighted by atomic mass is 9.91. The van der Waals surface area contributed by atoms with Crippen molar-refractivity contribution in [2.75, 3.05) is 0 Å². The molecule has 0 atom stereocenters. The number of hydrogen-bond acceptors (Lipinski definition) is 0. The predicted molar refractivity (Wildman–Crippen MR) is 87.1 cm³/mol. The maximum absolute atomic E-state index is 6.00. The second-order valence-electron chi connectivity index (χ2n) is 4.87. The Kier molecular flexibility index (Phi) is 3.58. The van der Waals surface area contributed by atoms with Crippen molar-refractivity contribution in [1.82, 2.24) is 0 Å². The van der Waals surface area contributed by atoms with Gasteiger partial charge in [0.05, 0.1) is 0 Å². The van der Waals surface area contributed by atoms with E-state index < -0.39 is 0 Å². The molecule has 0 unspecified atom stereocenters. The van der Waals surface area contributed by atoms with E-state index >= 15 is 0 Å². The summed E-state index contributed by atoms with van der Waals surface area (Å²) in [5, 5.41) is 0.767. The van der Waals surface area contributed by atoms with Crippen molar-refractivity contribution in [2.24, 2.45) is 0 Å². The summed E-state index contributed by atoms with van der Waals surface area (Å²) >= 11 is 6.00. The molecule has 0 heterocycles. The molecule has 0 bridgehead atoms. The lowest BCUT2D eigenvalue weighted by Crippen LogP contribution is -1.88. The molecule has 1 heteroatoms. The van der Waals surface area contributed by atoms with Gasteiger partial charge in [0.1, 0.15) is 0 Å². The van der Waals surface area contributed by atoms with Crippen molar-refractivity contribution in [3.63, 3.8) is 0 Å². The zero-order chi connectivity index (χ0) is 13.9. The first-order valence-electron chi connectivity index (χ1n) is 6.67. The number of aryl methyl sites for hydroxylation is 1. The second-order valence-corrected chi connectivity index (χ2v) is 5.31. The Morgan fingerprint density at radius 3 is 2.05 bits per heavy atom. The summed E-state index contributed by atoms with van der Waals surface area (Å²) in [4.78, 5) is 0. The minimum atomic E-state index is 0.767. The lowest BCUT2D eigenvalue weighted by Gasteiger charge is -2.13. The molecule has 0 saturated heterocycles. The van der Waals surface area contributed by atoms with E-state index in [0.29, 0.717) is 0 Å². The van der Waals surface area contributed by atoms with Gasteiger partial charge in [-0.2, -0.15) is 0 Å². The zero-order valence-corrected chi connectivity index (χ0v) is 12.1. The molecule has 3 aromatic rings. The highest BCUT2D eigenvalue weighted by Crippen LogP contribution is 2.35. The van der Waals surface area contributed by atoms with Gasteiger partial charge in [0.15, 0.2) is 0 Å². The van der Waals surface area contributed by atoms with E-state index in [1.807, 2.05) is 18.2 Å². The molecule has 0 fully saturated rings. The monoisotopic (exact) mass is 278 g/mol. The smallest absolute Gasteiger partial charge is 0.0406 e. The molecule has 0 nitrogen and oxygen atoms in total. The number of hydrogen-bond donors (Lipinski definition) is 0. The third-order valence-electron chi connectivity index (χ3n) is 3.49. The van der Waals surface area contributed by atoms with Crippen LogP contribution < -0.4 is 0 Å². The maximum atomic E-state index is 6.00. The topological polar surface area (TPSA) is 0 Å². The fraction of sp³-hybridized carbons (Fsp3) is 0.0526. The van der Waals surface area contributed by atoms with Crippen molar-refractivity contribution < 1.29 is 0 Å². The van der Waals surface area contributed by atoms with Crippen molar-refractivity contribution >= 4 is 11.6 Å². The minimum Gasteiger partial charge on any atom is -0.0843 e. The summed E-state index contributed by atoms with van der Waals surface area (Å²) in [6.45, 7) is 2.15. The summed E-state index contributed by atoms with van der Waals surface area (Å²) in [6, 6.07) is 25.0. The van der Waals surface area contributed by atoms with Gasteiger partial charge in [0.25, 0.3) is 0 Å². The molecule has 0 amide bonds. The van der Waals surface area contributed by atoms with Crippen LogP contribution in [0.25, 0.3) is 22.3 Å². The normalized spacial score (nSPS) is 10.5. The first-order chi connectivity index (χ1) is 9.75. The molecule has 0 aliphatic carbocycles. The Bertz CT molecular complexity index is 713. The van der Waals surface area contributed by atoms with Crippen LogP contribution in [0.15, 0.2) is 72.8 Å². The van der Waals surface area contributed by atoms with Crippen molar-refractivity contribution in [3.8, 4) is 22.3 Å². The van der Waals surface area contributed by atoms with Gasteiger partial charge in [-0.15, -0.1) is 0 Å². The molecule has 0 saturated carbocycles. The van der Waals surface area contributed by atoms with Gasteiger partial charge < -0.3 is 0 Å². The molecule has 3 rings (SSSR count). The SMILES string of the molecule is Cc1cccc(-c2ccccc2)c1-c1ccc(Cl)cc1. The van der Waals surface area contributed by atoms with Gasteiger partial charge in [0.2, 0.25) is 0 Å². The standard InChI is InChI=1S/C19H15Cl/c1-14-6-5-9-18(15-7-3-2-4-8-15)19(14)16-10-12-17(20)13-11-16/h2-13H,1H3. The lowest BCUT2D eigenvalue weighted by molar-refractivity contribution is 1.45. The fourth-order valence-corrected chi connectivity index (χ4v) is 2.65. The Morgan fingerprint density at radius 2 is 1.35 bits per heavy atom. The van der Waals surface area contributed by atoms with E-state index in [2.05, 4.69) is 61.5 Å². The van der Waals surface area contributed by atoms with Crippen molar-refractivity contribution in [2.45, 2.75) is 6.92 Å². The minimum absolute atomic E-state index is 0.767. The van der Waals surface area contributed by atoms with Gasteiger partial charge in [-0.25, -0.2) is 0 Å². The first-order valence-corrected chi connectivity index (χ1v) is 7.04. The van der Waals surface area contributed by atoms with Crippen LogP contribution in [0.1, 0.15) is 5.56 Å². The molecule has 0 spiro atoms. The Balaban J connectivity index is 2.22. The van der Waals surface area contributed by atoms with Crippen LogP contribution in [-0.4, -0.2) is 0 Å². The fourth-order valence-electron chi connectivity index (χ4n) is 2.53.